The minimum atomic E-state index is -5.05. The van der Waals surface area contributed by atoms with Crippen molar-refractivity contribution in [3.63, 3.8) is 0 Å². The highest BCUT2D eigenvalue weighted by molar-refractivity contribution is 5.83. The van der Waals surface area contributed by atoms with Gasteiger partial charge in [-0.05, 0) is 55.8 Å². The van der Waals surface area contributed by atoms with Gasteiger partial charge in [0.15, 0.2) is 0 Å². The molecule has 2 fully saturated rings. The number of esters is 2. The second kappa shape index (κ2) is 10.7. The minimum Gasteiger partial charge on any atom is -0.465 e. The van der Waals surface area contributed by atoms with Gasteiger partial charge in [-0.15, -0.1) is 6.58 Å². The summed E-state index contributed by atoms with van der Waals surface area (Å²) in [4.78, 5) is 25.4. The predicted molar refractivity (Wildman–Crippen MR) is 145 cm³/mol. The topological polar surface area (TPSA) is 61.8 Å². The SMILES string of the molecule is C=C[C@@]1(C)C=C2CC[C@@H]3[C@@](C)(COC(C)=O)C[C@H](OC(=O)[C@@](OC)(c4ccccc4)C(F)(F)F)C[C@@]3(C)[C@@H]2CC1. The van der Waals surface area contributed by atoms with E-state index in [4.69, 9.17) is 14.2 Å². The molecule has 2 saturated carbocycles. The second-order valence-electron chi connectivity index (χ2n) is 12.7. The molecule has 1 aromatic carbocycles. The van der Waals surface area contributed by atoms with Gasteiger partial charge in [0, 0.05) is 30.4 Å². The molecule has 0 N–H and O–H groups in total. The summed E-state index contributed by atoms with van der Waals surface area (Å²) in [7, 11) is 0.877. The average molecular weight is 563 g/mol. The van der Waals surface area contributed by atoms with E-state index in [1.807, 2.05) is 13.0 Å². The van der Waals surface area contributed by atoms with Crippen LogP contribution in [0, 0.1) is 28.1 Å². The molecule has 40 heavy (non-hydrogen) atoms. The number of hydrogen-bond donors (Lipinski definition) is 0. The minimum absolute atomic E-state index is 0.100. The van der Waals surface area contributed by atoms with Crippen LogP contribution in [0.1, 0.15) is 71.8 Å². The van der Waals surface area contributed by atoms with Crippen molar-refractivity contribution in [2.45, 2.75) is 84.1 Å². The molecule has 0 unspecified atom stereocenters. The number of carbonyl (C=O) groups is 2. The molecule has 3 aliphatic carbocycles. The highest BCUT2D eigenvalue weighted by atomic mass is 19.4. The Morgan fingerprint density at radius 3 is 2.35 bits per heavy atom. The van der Waals surface area contributed by atoms with Crippen LogP contribution in [0.15, 0.2) is 54.6 Å². The van der Waals surface area contributed by atoms with E-state index in [2.05, 4.69) is 26.5 Å². The molecule has 4 rings (SSSR count). The van der Waals surface area contributed by atoms with Gasteiger partial charge >= 0.3 is 18.1 Å². The highest BCUT2D eigenvalue weighted by Crippen LogP contribution is 2.64. The van der Waals surface area contributed by atoms with Crippen molar-refractivity contribution in [3.8, 4) is 0 Å². The molecule has 0 amide bonds. The van der Waals surface area contributed by atoms with E-state index in [9.17, 15) is 22.8 Å². The fourth-order valence-electron chi connectivity index (χ4n) is 8.07. The lowest BCUT2D eigenvalue weighted by atomic mass is 9.45. The molecule has 7 atom stereocenters. The Kier molecular flexibility index (Phi) is 8.09. The zero-order chi connectivity index (χ0) is 29.6. The molecule has 1 aromatic rings. The number of allylic oxidation sites excluding steroid dienone is 3. The van der Waals surface area contributed by atoms with Crippen molar-refractivity contribution in [1.29, 1.82) is 0 Å². The largest absolute Gasteiger partial charge is 0.465 e. The van der Waals surface area contributed by atoms with Gasteiger partial charge in [-0.25, -0.2) is 4.79 Å². The molecule has 0 saturated heterocycles. The van der Waals surface area contributed by atoms with Gasteiger partial charge in [0.05, 0.1) is 6.61 Å². The average Bonchev–Trinajstić information content (AvgIpc) is 2.87. The Balaban J connectivity index is 1.73. The molecule has 0 aliphatic heterocycles. The molecule has 0 radical (unpaired) electrons. The second-order valence-corrected chi connectivity index (χ2v) is 12.7. The number of rotatable bonds is 7. The molecule has 0 aromatic heterocycles. The van der Waals surface area contributed by atoms with Crippen LogP contribution in [-0.4, -0.2) is 37.9 Å². The van der Waals surface area contributed by atoms with Gasteiger partial charge in [0.1, 0.15) is 6.10 Å². The summed E-state index contributed by atoms with van der Waals surface area (Å²) in [5.41, 5.74) is -3.32. The summed E-state index contributed by atoms with van der Waals surface area (Å²) in [6, 6.07) is 6.88. The molecule has 5 nitrogen and oxygen atoms in total. The summed E-state index contributed by atoms with van der Waals surface area (Å²) < 4.78 is 60.1. The van der Waals surface area contributed by atoms with Crippen LogP contribution < -0.4 is 0 Å². The fourth-order valence-corrected chi connectivity index (χ4v) is 8.07. The third kappa shape index (κ3) is 5.12. The zero-order valence-corrected chi connectivity index (χ0v) is 24.1. The van der Waals surface area contributed by atoms with Crippen LogP contribution in [0.25, 0.3) is 0 Å². The van der Waals surface area contributed by atoms with Crippen LogP contribution in [0.5, 0.6) is 0 Å². The number of halogens is 3. The summed E-state index contributed by atoms with van der Waals surface area (Å²) in [5, 5.41) is 0. The fraction of sp³-hybridized carbons (Fsp3) is 0.625. The van der Waals surface area contributed by atoms with Gasteiger partial charge in [-0.2, -0.15) is 13.2 Å². The number of methoxy groups -OCH3 is 1. The van der Waals surface area contributed by atoms with Crippen LogP contribution in [-0.2, 0) is 29.4 Å². The summed E-state index contributed by atoms with van der Waals surface area (Å²) in [5.74, 6) is -1.59. The van der Waals surface area contributed by atoms with E-state index in [0.29, 0.717) is 6.42 Å². The van der Waals surface area contributed by atoms with Crippen molar-refractivity contribution < 1.29 is 37.0 Å². The van der Waals surface area contributed by atoms with E-state index in [1.165, 1.54) is 36.8 Å². The van der Waals surface area contributed by atoms with Crippen molar-refractivity contribution in [1.82, 2.24) is 0 Å². The maximum atomic E-state index is 14.6. The number of alkyl halides is 3. The molecule has 8 heteroatoms. The van der Waals surface area contributed by atoms with Crippen LogP contribution in [0.4, 0.5) is 13.2 Å². The first-order chi connectivity index (χ1) is 18.6. The first-order valence-electron chi connectivity index (χ1n) is 14.0. The third-order valence-corrected chi connectivity index (χ3v) is 9.97. The van der Waals surface area contributed by atoms with Crippen LogP contribution >= 0.6 is 0 Å². The normalized spacial score (nSPS) is 35.3. The lowest BCUT2D eigenvalue weighted by molar-refractivity contribution is -0.280. The van der Waals surface area contributed by atoms with Crippen molar-refractivity contribution in [2.24, 2.45) is 28.1 Å². The monoisotopic (exact) mass is 562 g/mol. The van der Waals surface area contributed by atoms with Crippen molar-refractivity contribution in [3.05, 3.63) is 60.2 Å². The zero-order valence-electron chi connectivity index (χ0n) is 24.1. The van der Waals surface area contributed by atoms with Gasteiger partial charge in [0.2, 0.25) is 0 Å². The van der Waals surface area contributed by atoms with Gasteiger partial charge in [0.25, 0.3) is 5.60 Å². The first kappa shape index (κ1) is 30.4. The third-order valence-electron chi connectivity index (χ3n) is 9.97. The van der Waals surface area contributed by atoms with Crippen molar-refractivity contribution in [2.75, 3.05) is 13.7 Å². The number of fused-ring (bicyclic) bond motifs is 3. The number of ether oxygens (including phenoxy) is 3. The number of hydrogen-bond acceptors (Lipinski definition) is 5. The molecule has 220 valence electrons. The Bertz CT molecular complexity index is 1160. The van der Waals surface area contributed by atoms with Gasteiger partial charge in [-0.3, -0.25) is 4.79 Å². The maximum Gasteiger partial charge on any atom is 0.432 e. The molecule has 0 heterocycles. The predicted octanol–water partition coefficient (Wildman–Crippen LogP) is 7.31. The van der Waals surface area contributed by atoms with E-state index in [0.717, 1.165) is 32.8 Å². The molecule has 3 aliphatic rings. The van der Waals surface area contributed by atoms with E-state index in [-0.39, 0.29) is 41.3 Å². The Morgan fingerprint density at radius 2 is 1.77 bits per heavy atom. The molecular weight excluding hydrogens is 521 g/mol. The lowest BCUT2D eigenvalue weighted by Gasteiger charge is -2.61. The lowest BCUT2D eigenvalue weighted by Crippen LogP contribution is -2.58. The van der Waals surface area contributed by atoms with E-state index >= 15 is 0 Å². The van der Waals surface area contributed by atoms with Crippen LogP contribution in [0.3, 0.4) is 0 Å². The molecular formula is C32H41F3O5. The summed E-state index contributed by atoms with van der Waals surface area (Å²) in [6.07, 6.45) is 2.70. The van der Waals surface area contributed by atoms with Crippen LogP contribution in [0.2, 0.25) is 0 Å². The Labute approximate surface area is 235 Å². The molecule has 0 spiro atoms. The van der Waals surface area contributed by atoms with Gasteiger partial charge < -0.3 is 14.2 Å². The van der Waals surface area contributed by atoms with E-state index < -0.39 is 35.2 Å². The smallest absolute Gasteiger partial charge is 0.432 e. The Hall–Kier alpha value is -2.61. The number of benzene rings is 1. The highest BCUT2D eigenvalue weighted by Gasteiger charge is 2.65. The maximum absolute atomic E-state index is 14.6. The van der Waals surface area contributed by atoms with Gasteiger partial charge in [-0.1, -0.05) is 68.8 Å². The standard InChI is InChI=1S/C32H41F3O5/c1-7-28(3)16-15-25-22(17-28)13-14-26-29(4,20-39-21(2)36)18-24(19-30(25,26)5)40-27(37)31(38-6,32(33,34)35)23-11-9-8-10-12-23/h7-12,17,24-26H,1,13-16,18-20H2,2-6H3/t24-,25+,26+,28+,29+,30-,31-/m0/s1. The summed E-state index contributed by atoms with van der Waals surface area (Å²) in [6.45, 7) is 11.8. The van der Waals surface area contributed by atoms with Crippen molar-refractivity contribution >= 4 is 11.9 Å². The molecule has 0 bridgehead atoms. The number of carbonyl (C=O) groups excluding carboxylic acids is 2. The first-order valence-corrected chi connectivity index (χ1v) is 14.0. The van der Waals surface area contributed by atoms with E-state index in [1.54, 1.807) is 6.07 Å². The Morgan fingerprint density at radius 1 is 1.10 bits per heavy atom. The summed E-state index contributed by atoms with van der Waals surface area (Å²) >= 11 is 0. The quantitative estimate of drug-likeness (QED) is 0.258.